The van der Waals surface area contributed by atoms with Crippen molar-refractivity contribution >= 4 is 12.2 Å². The molecule has 0 aromatic carbocycles. The first-order valence-electron chi connectivity index (χ1n) is 10.6. The number of nitrogens with zero attached hydrogens (tertiary/aromatic N) is 2. The molecular formula is C22H29N3O6. The van der Waals surface area contributed by atoms with Crippen LogP contribution in [0, 0.1) is 0 Å². The van der Waals surface area contributed by atoms with Gasteiger partial charge in [0.15, 0.2) is 12.0 Å². The molecule has 3 aliphatic heterocycles. The topological polar surface area (TPSA) is 89.6 Å². The lowest BCUT2D eigenvalue weighted by atomic mass is 10.0. The van der Waals surface area contributed by atoms with Crippen LogP contribution in [-0.2, 0) is 18.9 Å². The lowest BCUT2D eigenvalue weighted by Crippen LogP contribution is -2.61. The highest BCUT2D eigenvalue weighted by Crippen LogP contribution is 2.29. The van der Waals surface area contributed by atoms with E-state index >= 15 is 0 Å². The van der Waals surface area contributed by atoms with Crippen molar-refractivity contribution < 1.29 is 28.5 Å². The predicted molar refractivity (Wildman–Crippen MR) is 111 cm³/mol. The predicted octanol–water partition coefficient (Wildman–Crippen LogP) is 2.98. The van der Waals surface area contributed by atoms with Gasteiger partial charge in [0.1, 0.15) is 18.0 Å². The first-order chi connectivity index (χ1) is 14.8. The van der Waals surface area contributed by atoms with Crippen LogP contribution >= 0.6 is 0 Å². The maximum atomic E-state index is 12.4. The molecule has 1 aliphatic carbocycles. The average Bonchev–Trinajstić information content (AvgIpc) is 3.06. The number of rotatable bonds is 5. The van der Waals surface area contributed by atoms with Gasteiger partial charge in [-0.2, -0.15) is 0 Å². The standard InChI is InChI=1S/C22H29N3O6/c1-22(2,3)31-20(26)23-16-9-24(10-16)11-17-12-25(21(27)29-17)19-14-28-13-18(30-19)15-7-5-4-6-8-15/h4-5,7,13-14,16-17H,6,8-12H2,1-3H3,(H,23,26)/t17-/m1/s1. The van der Waals surface area contributed by atoms with E-state index in [0.717, 1.165) is 18.4 Å². The minimum Gasteiger partial charge on any atom is -0.463 e. The van der Waals surface area contributed by atoms with Crippen molar-refractivity contribution in [3.8, 4) is 0 Å². The van der Waals surface area contributed by atoms with Gasteiger partial charge in [-0.15, -0.1) is 0 Å². The van der Waals surface area contributed by atoms with Crippen LogP contribution in [0.25, 0.3) is 0 Å². The van der Waals surface area contributed by atoms with Crippen molar-refractivity contribution in [1.29, 1.82) is 0 Å². The highest BCUT2D eigenvalue weighted by atomic mass is 16.6. The van der Waals surface area contributed by atoms with E-state index in [9.17, 15) is 9.59 Å². The van der Waals surface area contributed by atoms with Crippen molar-refractivity contribution in [2.45, 2.75) is 51.4 Å². The minimum absolute atomic E-state index is 0.0337. The van der Waals surface area contributed by atoms with E-state index in [2.05, 4.69) is 16.3 Å². The maximum absolute atomic E-state index is 12.4. The molecule has 0 aromatic rings. The summed E-state index contributed by atoms with van der Waals surface area (Å²) >= 11 is 0. The van der Waals surface area contributed by atoms with Gasteiger partial charge in [-0.25, -0.2) is 14.5 Å². The number of carbonyl (C=O) groups excluding carboxylic acids is 2. The Morgan fingerprint density at radius 3 is 2.77 bits per heavy atom. The van der Waals surface area contributed by atoms with Crippen LogP contribution in [-0.4, -0.2) is 65.9 Å². The Balaban J connectivity index is 1.23. The molecule has 2 saturated heterocycles. The molecule has 0 radical (unpaired) electrons. The largest absolute Gasteiger partial charge is 0.463 e. The Morgan fingerprint density at radius 1 is 1.26 bits per heavy atom. The number of allylic oxidation sites excluding steroid dienone is 4. The Bertz CT molecular complexity index is 848. The molecule has 168 valence electrons. The molecule has 9 heteroatoms. The summed E-state index contributed by atoms with van der Waals surface area (Å²) in [5, 5.41) is 2.85. The minimum atomic E-state index is -0.520. The fraction of sp³-hybridized carbons (Fsp3) is 0.545. The van der Waals surface area contributed by atoms with Crippen LogP contribution in [0.4, 0.5) is 9.59 Å². The molecule has 4 aliphatic rings. The third kappa shape index (κ3) is 5.41. The average molecular weight is 431 g/mol. The number of hydrogen-bond acceptors (Lipinski definition) is 7. The van der Waals surface area contributed by atoms with Gasteiger partial charge >= 0.3 is 12.2 Å². The summed E-state index contributed by atoms with van der Waals surface area (Å²) in [5.41, 5.74) is 0.509. The van der Waals surface area contributed by atoms with E-state index in [1.807, 2.05) is 32.9 Å². The number of likely N-dealkylation sites (tertiary alicyclic amines) is 1. The summed E-state index contributed by atoms with van der Waals surface area (Å²) in [6.45, 7) is 7.82. The number of alkyl carbamates (subject to hydrolysis) is 1. The quantitative estimate of drug-likeness (QED) is 0.716. The number of ether oxygens (including phenoxy) is 4. The van der Waals surface area contributed by atoms with Gasteiger partial charge in [0, 0.05) is 19.6 Å². The summed E-state index contributed by atoms with van der Waals surface area (Å²) in [6, 6.07) is 0.0337. The third-order valence-corrected chi connectivity index (χ3v) is 5.17. The smallest absolute Gasteiger partial charge is 0.417 e. The van der Waals surface area contributed by atoms with Crippen LogP contribution in [0.3, 0.4) is 0 Å². The number of cyclic esters (lactones) is 1. The van der Waals surface area contributed by atoms with E-state index in [4.69, 9.17) is 18.9 Å². The van der Waals surface area contributed by atoms with Gasteiger partial charge in [-0.05, 0) is 39.2 Å². The summed E-state index contributed by atoms with van der Waals surface area (Å²) in [4.78, 5) is 27.8. The molecule has 1 N–H and O–H groups in total. The Kier molecular flexibility index (Phi) is 5.95. The van der Waals surface area contributed by atoms with Gasteiger partial charge in [0.2, 0.25) is 5.88 Å². The molecule has 31 heavy (non-hydrogen) atoms. The van der Waals surface area contributed by atoms with E-state index in [-0.39, 0.29) is 12.1 Å². The summed E-state index contributed by atoms with van der Waals surface area (Å²) < 4.78 is 22.1. The van der Waals surface area contributed by atoms with Gasteiger partial charge in [0.25, 0.3) is 0 Å². The third-order valence-electron chi connectivity index (χ3n) is 5.17. The fourth-order valence-corrected chi connectivity index (χ4v) is 3.75. The molecular weight excluding hydrogens is 402 g/mol. The SMILES string of the molecule is CC(C)(C)OC(=O)NC1CN(C[C@@H]2CN(C3=COC=C(C4=CC=CCC4)O3)C(=O)O2)C1. The number of carbonyl (C=O) groups is 2. The van der Waals surface area contributed by atoms with Crippen molar-refractivity contribution in [2.24, 2.45) is 0 Å². The maximum Gasteiger partial charge on any atom is 0.417 e. The van der Waals surface area contributed by atoms with Crippen molar-refractivity contribution in [3.05, 3.63) is 48.0 Å². The molecule has 1 atom stereocenters. The van der Waals surface area contributed by atoms with E-state index in [1.165, 1.54) is 11.2 Å². The van der Waals surface area contributed by atoms with Crippen molar-refractivity contribution in [1.82, 2.24) is 15.1 Å². The van der Waals surface area contributed by atoms with Crippen LogP contribution in [0.5, 0.6) is 0 Å². The molecule has 0 spiro atoms. The van der Waals surface area contributed by atoms with Crippen LogP contribution < -0.4 is 5.32 Å². The van der Waals surface area contributed by atoms with E-state index < -0.39 is 17.8 Å². The molecule has 0 aromatic heterocycles. The van der Waals surface area contributed by atoms with E-state index in [0.29, 0.717) is 37.8 Å². The number of hydrogen-bond donors (Lipinski definition) is 1. The molecule has 0 bridgehead atoms. The van der Waals surface area contributed by atoms with Crippen LogP contribution in [0.1, 0.15) is 33.6 Å². The van der Waals surface area contributed by atoms with Crippen LogP contribution in [0.15, 0.2) is 48.0 Å². The second-order valence-electron chi connectivity index (χ2n) is 9.01. The fourth-order valence-electron chi connectivity index (χ4n) is 3.75. The molecule has 4 rings (SSSR count). The molecule has 9 nitrogen and oxygen atoms in total. The van der Waals surface area contributed by atoms with Crippen molar-refractivity contribution in [3.63, 3.8) is 0 Å². The summed E-state index contributed by atoms with van der Waals surface area (Å²) in [7, 11) is 0. The molecule has 2 fully saturated rings. The molecule has 0 saturated carbocycles. The zero-order valence-electron chi connectivity index (χ0n) is 18.1. The molecule has 0 unspecified atom stereocenters. The van der Waals surface area contributed by atoms with Gasteiger partial charge in [0.05, 0.1) is 12.6 Å². The highest BCUT2D eigenvalue weighted by molar-refractivity contribution is 5.72. The summed E-state index contributed by atoms with van der Waals surface area (Å²) in [5.74, 6) is 0.936. The monoisotopic (exact) mass is 431 g/mol. The number of amides is 2. The number of nitrogens with one attached hydrogen (secondary N) is 1. The normalized spacial score (nSPS) is 24.2. The van der Waals surface area contributed by atoms with Gasteiger partial charge in [-0.3, -0.25) is 4.90 Å². The lowest BCUT2D eigenvalue weighted by molar-refractivity contribution is 0.0326. The Morgan fingerprint density at radius 2 is 2.06 bits per heavy atom. The van der Waals surface area contributed by atoms with Crippen LogP contribution in [0.2, 0.25) is 0 Å². The lowest BCUT2D eigenvalue weighted by Gasteiger charge is -2.40. The second kappa shape index (κ2) is 8.66. The van der Waals surface area contributed by atoms with Gasteiger partial charge in [-0.1, -0.05) is 18.2 Å². The highest BCUT2D eigenvalue weighted by Gasteiger charge is 2.39. The first kappa shape index (κ1) is 21.3. The zero-order chi connectivity index (χ0) is 22.0. The summed E-state index contributed by atoms with van der Waals surface area (Å²) in [6.07, 6.45) is 9.67. The zero-order valence-corrected chi connectivity index (χ0v) is 18.1. The molecule has 3 heterocycles. The van der Waals surface area contributed by atoms with E-state index in [1.54, 1.807) is 6.26 Å². The van der Waals surface area contributed by atoms with Crippen molar-refractivity contribution in [2.75, 3.05) is 26.2 Å². The first-order valence-corrected chi connectivity index (χ1v) is 10.6. The second-order valence-corrected chi connectivity index (χ2v) is 9.01. The Hall–Kier alpha value is -2.94. The van der Waals surface area contributed by atoms with Gasteiger partial charge < -0.3 is 24.3 Å². The Labute approximate surface area is 181 Å². The molecule has 2 amide bonds.